The first-order valence-electron chi connectivity index (χ1n) is 10.9. The number of aryl methyl sites for hydroxylation is 1. The standard InChI is InChI=1S/C26H24Cl2FN3O/c27-20-10-4-3-9-18(20)26(33)30-16-7-1-2-15-25-31-23-13-5-6-14-24(23)32(25)17-19-21(28)11-8-12-22(19)29/h3-6,8-14H,1-2,7,15-17H2,(H,30,33). The molecule has 1 N–H and O–H groups in total. The number of imidazole rings is 1. The molecule has 0 spiro atoms. The van der Waals surface area contributed by atoms with Crippen molar-refractivity contribution < 1.29 is 9.18 Å². The Morgan fingerprint density at radius 3 is 2.48 bits per heavy atom. The highest BCUT2D eigenvalue weighted by Crippen LogP contribution is 2.24. The van der Waals surface area contributed by atoms with Crippen molar-refractivity contribution in [2.24, 2.45) is 0 Å². The maximum absolute atomic E-state index is 14.4. The number of para-hydroxylation sites is 2. The normalized spacial score (nSPS) is 11.1. The Kier molecular flexibility index (Phi) is 7.63. The van der Waals surface area contributed by atoms with Crippen molar-refractivity contribution in [3.8, 4) is 0 Å². The van der Waals surface area contributed by atoms with Gasteiger partial charge in [-0.3, -0.25) is 4.79 Å². The predicted octanol–water partition coefficient (Wildman–Crippen LogP) is 6.67. The average molecular weight is 484 g/mol. The van der Waals surface area contributed by atoms with Crippen LogP contribution >= 0.6 is 23.2 Å². The van der Waals surface area contributed by atoms with Gasteiger partial charge in [0.25, 0.3) is 5.91 Å². The summed E-state index contributed by atoms with van der Waals surface area (Å²) in [6.07, 6.45) is 3.41. The first-order chi connectivity index (χ1) is 16.0. The van der Waals surface area contributed by atoms with Crippen molar-refractivity contribution in [2.45, 2.75) is 32.2 Å². The molecule has 0 aliphatic carbocycles. The van der Waals surface area contributed by atoms with Gasteiger partial charge in [-0.15, -0.1) is 0 Å². The molecule has 0 atom stereocenters. The number of benzene rings is 3. The number of fused-ring (bicyclic) bond motifs is 1. The molecule has 4 rings (SSSR count). The smallest absolute Gasteiger partial charge is 0.252 e. The Hall–Kier alpha value is -2.89. The minimum atomic E-state index is -0.319. The quantitative estimate of drug-likeness (QED) is 0.270. The van der Waals surface area contributed by atoms with E-state index in [0.717, 1.165) is 42.5 Å². The van der Waals surface area contributed by atoms with Crippen LogP contribution in [0.4, 0.5) is 4.39 Å². The lowest BCUT2D eigenvalue weighted by atomic mass is 10.1. The van der Waals surface area contributed by atoms with Crippen LogP contribution < -0.4 is 5.32 Å². The summed E-state index contributed by atoms with van der Waals surface area (Å²) in [6, 6.07) is 19.6. The minimum absolute atomic E-state index is 0.163. The van der Waals surface area contributed by atoms with Crippen molar-refractivity contribution >= 4 is 40.1 Å². The number of aromatic nitrogens is 2. The van der Waals surface area contributed by atoms with E-state index in [1.54, 1.807) is 36.4 Å². The minimum Gasteiger partial charge on any atom is -0.352 e. The van der Waals surface area contributed by atoms with Gasteiger partial charge in [0.05, 0.1) is 28.2 Å². The lowest BCUT2D eigenvalue weighted by Crippen LogP contribution is -2.24. The molecule has 0 aliphatic rings. The predicted molar refractivity (Wildman–Crippen MR) is 132 cm³/mol. The molecule has 0 aliphatic heterocycles. The summed E-state index contributed by atoms with van der Waals surface area (Å²) in [4.78, 5) is 17.0. The van der Waals surface area contributed by atoms with E-state index in [4.69, 9.17) is 28.2 Å². The largest absolute Gasteiger partial charge is 0.352 e. The molecule has 1 amide bonds. The van der Waals surface area contributed by atoms with Gasteiger partial charge in [0.2, 0.25) is 0 Å². The number of nitrogens with zero attached hydrogens (tertiary/aromatic N) is 2. The molecule has 0 fully saturated rings. The molecule has 0 unspecified atom stereocenters. The molecule has 3 aromatic carbocycles. The molecule has 1 heterocycles. The number of amides is 1. The lowest BCUT2D eigenvalue weighted by molar-refractivity contribution is 0.0953. The Bertz CT molecular complexity index is 1250. The second-order valence-corrected chi connectivity index (χ2v) is 8.66. The molecule has 7 heteroatoms. The summed E-state index contributed by atoms with van der Waals surface area (Å²) in [7, 11) is 0. The van der Waals surface area contributed by atoms with Crippen molar-refractivity contribution in [1.29, 1.82) is 0 Å². The number of carbonyl (C=O) groups is 1. The second-order valence-electron chi connectivity index (χ2n) is 7.85. The molecule has 0 saturated carbocycles. The van der Waals surface area contributed by atoms with Gasteiger partial charge in [0, 0.05) is 23.6 Å². The highest BCUT2D eigenvalue weighted by Gasteiger charge is 2.15. The van der Waals surface area contributed by atoms with E-state index in [1.807, 2.05) is 28.8 Å². The van der Waals surface area contributed by atoms with Gasteiger partial charge in [-0.25, -0.2) is 9.37 Å². The summed E-state index contributed by atoms with van der Waals surface area (Å²) < 4.78 is 16.5. The number of carbonyl (C=O) groups excluding carboxylic acids is 1. The number of unbranched alkanes of at least 4 members (excludes halogenated alkanes) is 2. The van der Waals surface area contributed by atoms with E-state index in [2.05, 4.69) is 5.32 Å². The third kappa shape index (κ3) is 5.55. The van der Waals surface area contributed by atoms with Gasteiger partial charge in [0.1, 0.15) is 11.6 Å². The Balaban J connectivity index is 1.36. The van der Waals surface area contributed by atoms with Crippen LogP contribution in [0, 0.1) is 5.82 Å². The second kappa shape index (κ2) is 10.8. The van der Waals surface area contributed by atoms with Gasteiger partial charge in [-0.2, -0.15) is 0 Å². The maximum atomic E-state index is 14.4. The van der Waals surface area contributed by atoms with Crippen LogP contribution in [-0.4, -0.2) is 22.0 Å². The topological polar surface area (TPSA) is 46.9 Å². The van der Waals surface area contributed by atoms with Crippen LogP contribution in [-0.2, 0) is 13.0 Å². The van der Waals surface area contributed by atoms with Crippen LogP contribution in [0.5, 0.6) is 0 Å². The highest BCUT2D eigenvalue weighted by atomic mass is 35.5. The summed E-state index contributed by atoms with van der Waals surface area (Å²) in [5, 5.41) is 3.77. The van der Waals surface area contributed by atoms with Crippen molar-refractivity contribution in [2.75, 3.05) is 6.54 Å². The van der Waals surface area contributed by atoms with Crippen molar-refractivity contribution in [3.63, 3.8) is 0 Å². The van der Waals surface area contributed by atoms with Crippen molar-refractivity contribution in [3.05, 3.63) is 99.5 Å². The van der Waals surface area contributed by atoms with E-state index >= 15 is 0 Å². The average Bonchev–Trinajstić information content (AvgIpc) is 3.16. The summed E-state index contributed by atoms with van der Waals surface area (Å²) in [5.74, 6) is 0.417. The van der Waals surface area contributed by atoms with Gasteiger partial charge in [-0.05, 0) is 49.2 Å². The van der Waals surface area contributed by atoms with E-state index in [9.17, 15) is 9.18 Å². The summed E-state index contributed by atoms with van der Waals surface area (Å²) >= 11 is 12.3. The molecular formula is C26H24Cl2FN3O. The van der Waals surface area contributed by atoms with Crippen LogP contribution in [0.1, 0.15) is 41.0 Å². The zero-order chi connectivity index (χ0) is 23.2. The molecular weight excluding hydrogens is 460 g/mol. The van der Waals surface area contributed by atoms with Gasteiger partial charge in [0.15, 0.2) is 0 Å². The first kappa shape index (κ1) is 23.3. The Morgan fingerprint density at radius 2 is 1.67 bits per heavy atom. The van der Waals surface area contributed by atoms with Crippen LogP contribution in [0.2, 0.25) is 10.0 Å². The number of rotatable bonds is 9. The van der Waals surface area contributed by atoms with E-state index < -0.39 is 0 Å². The fourth-order valence-electron chi connectivity index (χ4n) is 3.86. The molecule has 4 aromatic rings. The van der Waals surface area contributed by atoms with Gasteiger partial charge < -0.3 is 9.88 Å². The zero-order valence-corrected chi connectivity index (χ0v) is 19.5. The number of halogens is 3. The molecule has 0 bridgehead atoms. The molecule has 1 aromatic heterocycles. The molecule has 170 valence electrons. The van der Waals surface area contributed by atoms with Crippen LogP contribution in [0.15, 0.2) is 66.7 Å². The fraction of sp³-hybridized carbons (Fsp3) is 0.231. The SMILES string of the molecule is O=C(NCCCCCc1nc2ccccc2n1Cc1c(F)cccc1Cl)c1ccccc1Cl. The molecule has 0 saturated heterocycles. The Morgan fingerprint density at radius 1 is 0.909 bits per heavy atom. The van der Waals surface area contributed by atoms with E-state index in [0.29, 0.717) is 34.3 Å². The van der Waals surface area contributed by atoms with Gasteiger partial charge >= 0.3 is 0 Å². The molecule has 0 radical (unpaired) electrons. The lowest BCUT2D eigenvalue weighted by Gasteiger charge is -2.12. The fourth-order valence-corrected chi connectivity index (χ4v) is 4.31. The maximum Gasteiger partial charge on any atom is 0.252 e. The third-order valence-electron chi connectivity index (χ3n) is 5.59. The number of nitrogens with one attached hydrogen (secondary N) is 1. The van der Waals surface area contributed by atoms with E-state index in [1.165, 1.54) is 6.07 Å². The number of hydrogen-bond donors (Lipinski definition) is 1. The van der Waals surface area contributed by atoms with Crippen LogP contribution in [0.25, 0.3) is 11.0 Å². The third-order valence-corrected chi connectivity index (χ3v) is 6.28. The van der Waals surface area contributed by atoms with Gasteiger partial charge in [-0.1, -0.05) is 60.0 Å². The summed E-state index contributed by atoms with van der Waals surface area (Å²) in [6.45, 7) is 0.903. The monoisotopic (exact) mass is 483 g/mol. The Labute approximate surface area is 202 Å². The molecule has 33 heavy (non-hydrogen) atoms. The van der Waals surface area contributed by atoms with Crippen LogP contribution in [0.3, 0.4) is 0 Å². The highest BCUT2D eigenvalue weighted by molar-refractivity contribution is 6.33. The summed E-state index contributed by atoms with van der Waals surface area (Å²) in [5.41, 5.74) is 2.79. The molecule has 4 nitrogen and oxygen atoms in total. The zero-order valence-electron chi connectivity index (χ0n) is 18.0. The first-order valence-corrected chi connectivity index (χ1v) is 11.7. The van der Waals surface area contributed by atoms with Crippen molar-refractivity contribution in [1.82, 2.24) is 14.9 Å². The number of hydrogen-bond acceptors (Lipinski definition) is 2. The van der Waals surface area contributed by atoms with E-state index in [-0.39, 0.29) is 11.7 Å².